The second kappa shape index (κ2) is 6.23. The van der Waals surface area contributed by atoms with E-state index in [0.717, 1.165) is 17.3 Å². The smallest absolute Gasteiger partial charge is 0.308 e. The Morgan fingerprint density at radius 2 is 2.16 bits per heavy atom. The number of benzene rings is 1. The van der Waals surface area contributed by atoms with Crippen LogP contribution >= 0.6 is 11.6 Å². The summed E-state index contributed by atoms with van der Waals surface area (Å²) in [5.41, 5.74) is -0.193. The summed E-state index contributed by atoms with van der Waals surface area (Å²) in [6, 6.07) is 3.58. The molecule has 1 aliphatic heterocycles. The summed E-state index contributed by atoms with van der Waals surface area (Å²) < 4.78 is 49.6. The first-order chi connectivity index (χ1) is 11.7. The molecule has 0 bridgehead atoms. The zero-order valence-electron chi connectivity index (χ0n) is 13.0. The van der Waals surface area contributed by atoms with Crippen molar-refractivity contribution < 1.29 is 31.9 Å². The number of anilines is 1. The third kappa shape index (κ3) is 3.16. The van der Waals surface area contributed by atoms with Gasteiger partial charge >= 0.3 is 5.97 Å². The lowest BCUT2D eigenvalue weighted by atomic mass is 10.1. The van der Waals surface area contributed by atoms with Crippen LogP contribution in [-0.4, -0.2) is 31.8 Å². The van der Waals surface area contributed by atoms with E-state index in [2.05, 4.69) is 0 Å². The van der Waals surface area contributed by atoms with Gasteiger partial charge in [-0.2, -0.15) is 0 Å². The number of ether oxygens (including phenoxy) is 1. The first-order valence-electron chi connectivity index (χ1n) is 7.20. The van der Waals surface area contributed by atoms with Crippen LogP contribution in [0.5, 0.6) is 11.5 Å². The molecule has 7 nitrogen and oxygen atoms in total. The molecule has 1 aromatic heterocycles. The Hall–Kier alpha value is -2.26. The Bertz CT molecular complexity index is 955. The van der Waals surface area contributed by atoms with Crippen molar-refractivity contribution in [2.24, 2.45) is 0 Å². The average Bonchev–Trinajstić information content (AvgIpc) is 3.02. The van der Waals surface area contributed by atoms with Gasteiger partial charge in [0.05, 0.1) is 11.3 Å². The van der Waals surface area contributed by atoms with E-state index in [9.17, 15) is 22.7 Å². The normalized spacial score (nSPS) is 16.2. The Labute approximate surface area is 147 Å². The van der Waals surface area contributed by atoms with Gasteiger partial charge in [-0.15, -0.1) is 0 Å². The van der Waals surface area contributed by atoms with E-state index >= 15 is 0 Å². The van der Waals surface area contributed by atoms with Gasteiger partial charge in [-0.3, -0.25) is 4.79 Å². The Kier molecular flexibility index (Phi) is 4.38. The van der Waals surface area contributed by atoms with E-state index in [4.69, 9.17) is 20.8 Å². The van der Waals surface area contributed by atoms with Crippen molar-refractivity contribution in [3.05, 3.63) is 29.0 Å². The van der Waals surface area contributed by atoms with Crippen LogP contribution in [0, 0.1) is 5.82 Å². The minimum absolute atomic E-state index is 0.0843. The van der Waals surface area contributed by atoms with Gasteiger partial charge in [0, 0.05) is 18.5 Å². The van der Waals surface area contributed by atoms with Crippen LogP contribution in [0.4, 0.5) is 10.3 Å². The van der Waals surface area contributed by atoms with E-state index in [1.165, 1.54) is 12.1 Å². The molecule has 0 aliphatic carbocycles. The van der Waals surface area contributed by atoms with Gasteiger partial charge in [-0.1, -0.05) is 11.6 Å². The number of carbonyl (C=O) groups excluding carboxylic acids is 1. The molecule has 1 aliphatic rings. The summed E-state index contributed by atoms with van der Waals surface area (Å²) in [5.74, 6) is -3.59. The third-order valence-corrected chi connectivity index (χ3v) is 5.63. The lowest BCUT2D eigenvalue weighted by molar-refractivity contribution is -0.132. The molecule has 0 spiro atoms. The van der Waals surface area contributed by atoms with E-state index in [1.807, 2.05) is 0 Å². The molecule has 0 saturated carbocycles. The van der Waals surface area contributed by atoms with Crippen molar-refractivity contribution in [2.45, 2.75) is 13.3 Å². The maximum Gasteiger partial charge on any atom is 0.308 e. The fourth-order valence-electron chi connectivity index (χ4n) is 2.52. The second-order valence-electron chi connectivity index (χ2n) is 5.37. The zero-order valence-corrected chi connectivity index (χ0v) is 14.5. The van der Waals surface area contributed by atoms with Gasteiger partial charge in [0.15, 0.2) is 5.76 Å². The number of sulfonamides is 1. The molecule has 2 heterocycles. The predicted molar refractivity (Wildman–Crippen MR) is 87.8 cm³/mol. The molecule has 0 unspecified atom stereocenters. The highest BCUT2D eigenvalue weighted by Crippen LogP contribution is 2.49. The Balaban J connectivity index is 2.22. The van der Waals surface area contributed by atoms with Crippen molar-refractivity contribution in [1.29, 1.82) is 0 Å². The van der Waals surface area contributed by atoms with E-state index in [1.54, 1.807) is 0 Å². The van der Waals surface area contributed by atoms with Gasteiger partial charge in [-0.25, -0.2) is 17.1 Å². The number of halogens is 2. The quantitative estimate of drug-likeness (QED) is 0.811. The van der Waals surface area contributed by atoms with Gasteiger partial charge in [-0.05, 0) is 24.6 Å². The molecule has 134 valence electrons. The molecule has 1 fully saturated rings. The van der Waals surface area contributed by atoms with E-state index < -0.39 is 33.3 Å². The third-order valence-electron chi connectivity index (χ3n) is 3.57. The summed E-state index contributed by atoms with van der Waals surface area (Å²) in [5, 5.41) is 10.5. The summed E-state index contributed by atoms with van der Waals surface area (Å²) in [6.45, 7) is 1.16. The first-order valence-corrected chi connectivity index (χ1v) is 9.19. The molecule has 0 atom stereocenters. The molecule has 2 aromatic rings. The maximum absolute atomic E-state index is 14.1. The molecule has 1 aromatic carbocycles. The summed E-state index contributed by atoms with van der Waals surface area (Å²) >= 11 is 5.84. The van der Waals surface area contributed by atoms with Gasteiger partial charge in [0.25, 0.3) is 5.88 Å². The second-order valence-corrected chi connectivity index (χ2v) is 7.82. The predicted octanol–water partition coefficient (Wildman–Crippen LogP) is 2.91. The molecule has 0 amide bonds. The number of hydrogen-bond donors (Lipinski definition) is 1. The highest BCUT2D eigenvalue weighted by molar-refractivity contribution is 7.93. The monoisotopic (exact) mass is 389 g/mol. The summed E-state index contributed by atoms with van der Waals surface area (Å²) in [4.78, 5) is 11.3. The van der Waals surface area contributed by atoms with Crippen LogP contribution in [0.3, 0.4) is 0 Å². The van der Waals surface area contributed by atoms with E-state index in [-0.39, 0.29) is 34.5 Å². The van der Waals surface area contributed by atoms with Crippen LogP contribution < -0.4 is 9.04 Å². The summed E-state index contributed by atoms with van der Waals surface area (Å²) in [7, 11) is -3.68. The minimum atomic E-state index is -3.68. The van der Waals surface area contributed by atoms with Crippen LogP contribution in [0.1, 0.15) is 13.3 Å². The Morgan fingerprint density at radius 1 is 1.44 bits per heavy atom. The number of esters is 1. The van der Waals surface area contributed by atoms with Crippen LogP contribution in [0.25, 0.3) is 11.3 Å². The number of rotatable bonds is 3. The standard InChI is InChI=1S/C15H13ClFNO6S/c1-8(19)23-14-12(20)13(10-7-9(16)3-4-11(10)17)24-15(14)18-5-2-6-25(18,21)22/h3-4,7,20H,2,5-6H2,1H3. The topological polar surface area (TPSA) is 97.0 Å². The molecular weight excluding hydrogens is 377 g/mol. The van der Waals surface area contributed by atoms with Crippen LogP contribution in [0.2, 0.25) is 5.02 Å². The fourth-order valence-corrected chi connectivity index (χ4v) is 4.18. The molecule has 1 N–H and O–H groups in total. The van der Waals surface area contributed by atoms with Crippen molar-refractivity contribution in [1.82, 2.24) is 0 Å². The van der Waals surface area contributed by atoms with Crippen LogP contribution in [0.15, 0.2) is 22.6 Å². The number of aromatic hydroxyl groups is 1. The van der Waals surface area contributed by atoms with Crippen molar-refractivity contribution in [2.75, 3.05) is 16.6 Å². The molecule has 3 rings (SSSR count). The summed E-state index contributed by atoms with van der Waals surface area (Å²) in [6.07, 6.45) is 0.337. The minimum Gasteiger partial charge on any atom is -0.502 e. The SMILES string of the molecule is CC(=O)Oc1c(N2CCCS2(=O)=O)oc(-c2cc(Cl)ccc2F)c1O. The first kappa shape index (κ1) is 17.6. The van der Waals surface area contributed by atoms with Crippen molar-refractivity contribution in [3.63, 3.8) is 0 Å². The van der Waals surface area contributed by atoms with Gasteiger partial charge < -0.3 is 14.3 Å². The van der Waals surface area contributed by atoms with Gasteiger partial charge in [0.1, 0.15) is 5.82 Å². The molecule has 10 heteroatoms. The number of hydrogen-bond acceptors (Lipinski definition) is 6. The van der Waals surface area contributed by atoms with Gasteiger partial charge in [0.2, 0.25) is 21.5 Å². The van der Waals surface area contributed by atoms with Crippen LogP contribution in [-0.2, 0) is 14.8 Å². The molecule has 1 saturated heterocycles. The molecule has 0 radical (unpaired) electrons. The number of nitrogens with zero attached hydrogens (tertiary/aromatic N) is 1. The highest BCUT2D eigenvalue weighted by atomic mass is 35.5. The highest BCUT2D eigenvalue weighted by Gasteiger charge is 2.37. The van der Waals surface area contributed by atoms with Crippen molar-refractivity contribution in [3.8, 4) is 22.8 Å². The fraction of sp³-hybridized carbons (Fsp3) is 0.267. The number of furan rings is 1. The lowest BCUT2D eigenvalue weighted by Gasteiger charge is -2.14. The number of carbonyl (C=O) groups is 1. The van der Waals surface area contributed by atoms with Crippen molar-refractivity contribution >= 4 is 33.5 Å². The average molecular weight is 390 g/mol. The molecule has 25 heavy (non-hydrogen) atoms. The zero-order chi connectivity index (χ0) is 18.4. The lowest BCUT2D eigenvalue weighted by Crippen LogP contribution is -2.25. The Morgan fingerprint density at radius 3 is 2.76 bits per heavy atom. The van der Waals surface area contributed by atoms with E-state index in [0.29, 0.717) is 6.42 Å². The molecular formula is C15H13ClFNO6S. The maximum atomic E-state index is 14.1. The largest absolute Gasteiger partial charge is 0.502 e.